The zero-order valence-corrected chi connectivity index (χ0v) is 13.6. The molecule has 0 saturated carbocycles. The molecule has 1 unspecified atom stereocenters. The Morgan fingerprint density at radius 1 is 0.826 bits per heavy atom. The van der Waals surface area contributed by atoms with E-state index in [4.69, 9.17) is 11.6 Å². The Kier molecular flexibility index (Phi) is 4.59. The van der Waals surface area contributed by atoms with Crippen molar-refractivity contribution in [1.82, 2.24) is 0 Å². The van der Waals surface area contributed by atoms with E-state index in [9.17, 15) is 4.79 Å². The maximum atomic E-state index is 12.8. The molecule has 0 amide bonds. The summed E-state index contributed by atoms with van der Waals surface area (Å²) in [7, 11) is 0. The molecule has 0 aliphatic heterocycles. The molecule has 1 atom stereocenters. The minimum atomic E-state index is -0.666. The van der Waals surface area contributed by atoms with Crippen LogP contribution < -0.4 is 0 Å². The third-order valence-electron chi connectivity index (χ3n) is 4.01. The molecule has 0 N–H and O–H groups in total. The molecule has 0 aliphatic carbocycles. The molecule has 0 radical (unpaired) electrons. The number of carbonyl (C=O) groups excluding carboxylic acids is 1. The molecule has 3 aromatic carbocycles. The predicted molar refractivity (Wildman–Crippen MR) is 96.0 cm³/mol. The third kappa shape index (κ3) is 3.20. The first kappa shape index (κ1) is 15.5. The van der Waals surface area contributed by atoms with E-state index < -0.39 is 5.38 Å². The highest BCUT2D eigenvalue weighted by molar-refractivity contribution is 6.34. The molecule has 0 fully saturated rings. The number of benzene rings is 3. The molecule has 0 aromatic heterocycles. The van der Waals surface area contributed by atoms with Crippen LogP contribution in [0.4, 0.5) is 0 Å². The summed E-state index contributed by atoms with van der Waals surface area (Å²) in [5.41, 5.74) is 4.63. The minimum Gasteiger partial charge on any atom is -0.292 e. The summed E-state index contributed by atoms with van der Waals surface area (Å²) >= 11 is 6.41. The Morgan fingerprint density at radius 2 is 1.43 bits per heavy atom. The van der Waals surface area contributed by atoms with Gasteiger partial charge in [0, 0.05) is 5.56 Å². The summed E-state index contributed by atoms with van der Waals surface area (Å²) < 4.78 is 0. The lowest BCUT2D eigenvalue weighted by molar-refractivity contribution is 0.0986. The summed E-state index contributed by atoms with van der Waals surface area (Å²) in [6.07, 6.45) is 0. The van der Waals surface area contributed by atoms with Gasteiger partial charge in [-0.2, -0.15) is 0 Å². The van der Waals surface area contributed by atoms with E-state index in [0.717, 1.165) is 22.3 Å². The fraction of sp³-hybridized carbons (Fsp3) is 0.0952. The predicted octanol–water partition coefficient (Wildman–Crippen LogP) is 5.82. The number of hydrogen-bond acceptors (Lipinski definition) is 1. The van der Waals surface area contributed by atoms with Gasteiger partial charge < -0.3 is 0 Å². The molecule has 3 rings (SSSR count). The van der Waals surface area contributed by atoms with Gasteiger partial charge in [0.15, 0.2) is 5.78 Å². The van der Waals surface area contributed by atoms with Crippen LogP contribution in [0.1, 0.15) is 26.9 Å². The van der Waals surface area contributed by atoms with Crippen molar-refractivity contribution in [2.24, 2.45) is 0 Å². The van der Waals surface area contributed by atoms with Crippen LogP contribution in [0.15, 0.2) is 78.9 Å². The first-order valence-electron chi connectivity index (χ1n) is 7.57. The molecule has 2 heteroatoms. The molecule has 1 nitrogen and oxygen atoms in total. The van der Waals surface area contributed by atoms with Gasteiger partial charge in [-0.3, -0.25) is 4.79 Å². The van der Waals surface area contributed by atoms with Crippen molar-refractivity contribution in [2.45, 2.75) is 12.3 Å². The van der Waals surface area contributed by atoms with Crippen molar-refractivity contribution in [3.8, 4) is 11.1 Å². The zero-order chi connectivity index (χ0) is 16.2. The van der Waals surface area contributed by atoms with Crippen molar-refractivity contribution in [1.29, 1.82) is 0 Å². The molecule has 114 valence electrons. The van der Waals surface area contributed by atoms with Gasteiger partial charge in [-0.1, -0.05) is 78.9 Å². The van der Waals surface area contributed by atoms with Gasteiger partial charge >= 0.3 is 0 Å². The number of ketones is 1. The largest absolute Gasteiger partial charge is 0.292 e. The fourth-order valence-electron chi connectivity index (χ4n) is 2.74. The maximum Gasteiger partial charge on any atom is 0.185 e. The molecule has 0 heterocycles. The Hall–Kier alpha value is -2.38. The van der Waals surface area contributed by atoms with E-state index in [-0.39, 0.29) is 5.78 Å². The van der Waals surface area contributed by atoms with Gasteiger partial charge in [-0.15, -0.1) is 11.6 Å². The van der Waals surface area contributed by atoms with Crippen molar-refractivity contribution >= 4 is 17.4 Å². The number of alkyl halides is 1. The molecule has 23 heavy (non-hydrogen) atoms. The summed E-state index contributed by atoms with van der Waals surface area (Å²) in [6, 6.07) is 25.3. The smallest absolute Gasteiger partial charge is 0.185 e. The number of rotatable bonds is 4. The third-order valence-corrected chi connectivity index (χ3v) is 4.46. The normalized spacial score (nSPS) is 11.9. The van der Waals surface area contributed by atoms with Crippen LogP contribution in [0.5, 0.6) is 0 Å². The summed E-state index contributed by atoms with van der Waals surface area (Å²) in [6.45, 7) is 1.98. The second kappa shape index (κ2) is 6.80. The lowest BCUT2D eigenvalue weighted by atomic mass is 9.92. The quantitative estimate of drug-likeness (QED) is 0.437. The second-order valence-electron chi connectivity index (χ2n) is 5.48. The van der Waals surface area contributed by atoms with E-state index in [1.807, 2.05) is 85.8 Å². The fourth-order valence-corrected chi connectivity index (χ4v) is 3.01. The lowest BCUT2D eigenvalue weighted by Crippen LogP contribution is -2.09. The van der Waals surface area contributed by atoms with E-state index >= 15 is 0 Å². The van der Waals surface area contributed by atoms with Crippen LogP contribution in [-0.2, 0) is 0 Å². The van der Waals surface area contributed by atoms with E-state index in [2.05, 4.69) is 0 Å². The molecule has 0 spiro atoms. The average Bonchev–Trinajstić information content (AvgIpc) is 2.62. The minimum absolute atomic E-state index is 0.0619. The van der Waals surface area contributed by atoms with Crippen LogP contribution in [0.3, 0.4) is 0 Å². The van der Waals surface area contributed by atoms with Crippen LogP contribution in [0, 0.1) is 6.92 Å². The second-order valence-corrected chi connectivity index (χ2v) is 5.92. The molecule has 3 aromatic rings. The van der Waals surface area contributed by atoms with Crippen molar-refractivity contribution in [3.63, 3.8) is 0 Å². The van der Waals surface area contributed by atoms with Crippen LogP contribution >= 0.6 is 11.6 Å². The average molecular weight is 321 g/mol. The summed E-state index contributed by atoms with van der Waals surface area (Å²) in [5.74, 6) is -0.0619. The van der Waals surface area contributed by atoms with Gasteiger partial charge in [0.05, 0.1) is 0 Å². The molecule has 0 bridgehead atoms. The van der Waals surface area contributed by atoms with Gasteiger partial charge in [0.25, 0.3) is 0 Å². The number of halogens is 1. The maximum absolute atomic E-state index is 12.8. The van der Waals surface area contributed by atoms with E-state index in [0.29, 0.717) is 5.56 Å². The number of carbonyl (C=O) groups is 1. The van der Waals surface area contributed by atoms with Crippen LogP contribution in [-0.4, -0.2) is 5.78 Å². The molecule has 0 saturated heterocycles. The van der Waals surface area contributed by atoms with Gasteiger partial charge in [0.1, 0.15) is 5.38 Å². The topological polar surface area (TPSA) is 17.1 Å². The SMILES string of the molecule is Cc1c(C(=O)C(Cl)c2ccccc2)cccc1-c1ccccc1. The van der Waals surface area contributed by atoms with Crippen molar-refractivity contribution in [3.05, 3.63) is 95.6 Å². The summed E-state index contributed by atoms with van der Waals surface area (Å²) in [4.78, 5) is 12.8. The highest BCUT2D eigenvalue weighted by atomic mass is 35.5. The molecular formula is C21H17ClO. The first-order chi connectivity index (χ1) is 11.2. The summed E-state index contributed by atoms with van der Waals surface area (Å²) in [5, 5.41) is -0.666. The highest BCUT2D eigenvalue weighted by Crippen LogP contribution is 2.30. The van der Waals surface area contributed by atoms with Crippen molar-refractivity contribution < 1.29 is 4.79 Å². The standard InChI is InChI=1S/C21H17ClO/c1-15-18(16-9-4-2-5-10-16)13-8-14-19(15)21(23)20(22)17-11-6-3-7-12-17/h2-14,20H,1H3. The number of hydrogen-bond donors (Lipinski definition) is 0. The van der Waals surface area contributed by atoms with E-state index in [1.165, 1.54) is 0 Å². The Bertz CT molecular complexity index is 810. The van der Waals surface area contributed by atoms with E-state index in [1.54, 1.807) is 0 Å². The highest BCUT2D eigenvalue weighted by Gasteiger charge is 2.21. The Balaban J connectivity index is 1.99. The van der Waals surface area contributed by atoms with Crippen LogP contribution in [0.25, 0.3) is 11.1 Å². The van der Waals surface area contributed by atoms with Crippen LogP contribution in [0.2, 0.25) is 0 Å². The van der Waals surface area contributed by atoms with Gasteiger partial charge in [-0.25, -0.2) is 0 Å². The van der Waals surface area contributed by atoms with Crippen molar-refractivity contribution in [2.75, 3.05) is 0 Å². The first-order valence-corrected chi connectivity index (χ1v) is 8.00. The van der Waals surface area contributed by atoms with Gasteiger partial charge in [0.2, 0.25) is 0 Å². The number of Topliss-reactive ketones (excluding diaryl/α,β-unsaturated/α-hetero) is 1. The lowest BCUT2D eigenvalue weighted by Gasteiger charge is -2.14. The van der Waals surface area contributed by atoms with Gasteiger partial charge in [-0.05, 0) is 29.2 Å². The molecule has 0 aliphatic rings. The monoisotopic (exact) mass is 320 g/mol. The molecular weight excluding hydrogens is 304 g/mol. The Labute approximate surface area is 141 Å². The zero-order valence-electron chi connectivity index (χ0n) is 12.9. The Morgan fingerprint density at radius 3 is 2.09 bits per heavy atom.